The minimum atomic E-state index is 1.02. The summed E-state index contributed by atoms with van der Waals surface area (Å²) in [5.41, 5.74) is 13.1. The SMILES string of the molecule is c1ccc2c(c1)Cc1ccc([N]c3ccc4c(c3)-c3ccccc3C4)cc1-2. The molecular formula is C26H18N. The van der Waals surface area contributed by atoms with Crippen molar-refractivity contribution in [1.82, 2.24) is 5.32 Å². The number of benzene rings is 4. The van der Waals surface area contributed by atoms with Gasteiger partial charge in [-0.1, -0.05) is 60.7 Å². The molecule has 0 N–H and O–H groups in total. The van der Waals surface area contributed by atoms with E-state index in [0.29, 0.717) is 0 Å². The molecule has 4 aromatic rings. The first-order valence-electron chi connectivity index (χ1n) is 9.49. The molecule has 4 aromatic carbocycles. The number of rotatable bonds is 2. The number of hydrogen-bond donors (Lipinski definition) is 0. The highest BCUT2D eigenvalue weighted by molar-refractivity contribution is 5.81. The Bertz CT molecular complexity index is 1110. The smallest absolute Gasteiger partial charge is 0.0643 e. The van der Waals surface area contributed by atoms with Crippen molar-refractivity contribution in [2.24, 2.45) is 0 Å². The molecule has 127 valence electrons. The normalized spacial score (nSPS) is 12.9. The van der Waals surface area contributed by atoms with Gasteiger partial charge in [-0.2, -0.15) is 0 Å². The van der Waals surface area contributed by atoms with Crippen molar-refractivity contribution in [3.8, 4) is 22.3 Å². The van der Waals surface area contributed by atoms with Crippen molar-refractivity contribution in [3.05, 3.63) is 107 Å². The van der Waals surface area contributed by atoms with Gasteiger partial charge >= 0.3 is 0 Å². The Labute approximate surface area is 159 Å². The number of fused-ring (bicyclic) bond motifs is 6. The molecule has 1 nitrogen and oxygen atoms in total. The van der Waals surface area contributed by atoms with Crippen molar-refractivity contribution in [2.75, 3.05) is 0 Å². The molecule has 1 radical (unpaired) electrons. The van der Waals surface area contributed by atoms with Gasteiger partial charge in [0.05, 0.1) is 11.4 Å². The second kappa shape index (κ2) is 5.59. The number of hydrogen-bond acceptors (Lipinski definition) is 0. The van der Waals surface area contributed by atoms with Crippen LogP contribution in [0.25, 0.3) is 22.3 Å². The molecule has 0 amide bonds. The fourth-order valence-electron chi connectivity index (χ4n) is 4.51. The largest absolute Gasteiger partial charge is 0.249 e. The van der Waals surface area contributed by atoms with Crippen molar-refractivity contribution in [1.29, 1.82) is 0 Å². The van der Waals surface area contributed by atoms with Crippen LogP contribution in [0.4, 0.5) is 11.4 Å². The molecule has 2 aliphatic carbocycles. The van der Waals surface area contributed by atoms with Crippen LogP contribution in [0.2, 0.25) is 0 Å². The molecule has 1 heteroatoms. The van der Waals surface area contributed by atoms with Gasteiger partial charge in [-0.15, -0.1) is 0 Å². The second-order valence-electron chi connectivity index (χ2n) is 7.46. The van der Waals surface area contributed by atoms with Crippen LogP contribution in [0.3, 0.4) is 0 Å². The maximum Gasteiger partial charge on any atom is 0.0643 e. The molecule has 0 atom stereocenters. The van der Waals surface area contributed by atoms with Crippen LogP contribution in [0.5, 0.6) is 0 Å². The van der Waals surface area contributed by atoms with Crippen LogP contribution in [0.1, 0.15) is 22.3 Å². The van der Waals surface area contributed by atoms with E-state index in [0.717, 1.165) is 24.2 Å². The molecule has 0 saturated heterocycles. The lowest BCUT2D eigenvalue weighted by molar-refractivity contribution is 1.17. The van der Waals surface area contributed by atoms with E-state index in [9.17, 15) is 0 Å². The minimum absolute atomic E-state index is 1.02. The molecule has 0 spiro atoms. The maximum absolute atomic E-state index is 4.94. The van der Waals surface area contributed by atoms with Crippen molar-refractivity contribution >= 4 is 11.4 Å². The molecule has 2 aliphatic rings. The van der Waals surface area contributed by atoms with Crippen LogP contribution in [-0.4, -0.2) is 0 Å². The molecule has 0 fully saturated rings. The number of nitrogens with zero attached hydrogens (tertiary/aromatic N) is 1. The predicted molar refractivity (Wildman–Crippen MR) is 111 cm³/mol. The molecule has 6 rings (SSSR count). The van der Waals surface area contributed by atoms with Crippen LogP contribution in [0, 0.1) is 0 Å². The second-order valence-corrected chi connectivity index (χ2v) is 7.46. The predicted octanol–water partition coefficient (Wildman–Crippen LogP) is 6.40. The van der Waals surface area contributed by atoms with Gasteiger partial charge in [0, 0.05) is 0 Å². The Morgan fingerprint density at radius 1 is 0.444 bits per heavy atom. The van der Waals surface area contributed by atoms with Gasteiger partial charge in [-0.3, -0.25) is 0 Å². The molecule has 0 bridgehead atoms. The topological polar surface area (TPSA) is 14.1 Å². The zero-order valence-corrected chi connectivity index (χ0v) is 14.9. The van der Waals surface area contributed by atoms with E-state index in [1.54, 1.807) is 0 Å². The van der Waals surface area contributed by atoms with Crippen LogP contribution in [-0.2, 0) is 12.8 Å². The zero-order valence-electron chi connectivity index (χ0n) is 14.9. The van der Waals surface area contributed by atoms with Gasteiger partial charge in [0.15, 0.2) is 0 Å². The minimum Gasteiger partial charge on any atom is -0.249 e. The average Bonchev–Trinajstić information content (AvgIpc) is 3.26. The molecule has 0 saturated carbocycles. The summed E-state index contributed by atoms with van der Waals surface area (Å²) in [6, 6.07) is 30.6. The highest BCUT2D eigenvalue weighted by Crippen LogP contribution is 2.40. The Morgan fingerprint density at radius 3 is 1.41 bits per heavy atom. The summed E-state index contributed by atoms with van der Waals surface area (Å²) in [4.78, 5) is 0. The van der Waals surface area contributed by atoms with Gasteiger partial charge < -0.3 is 0 Å². The summed E-state index contributed by atoms with van der Waals surface area (Å²) < 4.78 is 0. The maximum atomic E-state index is 4.94. The van der Waals surface area contributed by atoms with E-state index in [-0.39, 0.29) is 0 Å². The summed E-state index contributed by atoms with van der Waals surface area (Å²) in [5, 5.41) is 4.94. The van der Waals surface area contributed by atoms with Gasteiger partial charge in [0.25, 0.3) is 0 Å². The van der Waals surface area contributed by atoms with Gasteiger partial charge in [-0.05, 0) is 81.6 Å². The fraction of sp³-hybridized carbons (Fsp3) is 0.0769. The van der Waals surface area contributed by atoms with Crippen LogP contribution < -0.4 is 5.32 Å². The first kappa shape index (κ1) is 14.8. The Balaban J connectivity index is 1.36. The Morgan fingerprint density at radius 2 is 0.889 bits per heavy atom. The summed E-state index contributed by atoms with van der Waals surface area (Å²) >= 11 is 0. The summed E-state index contributed by atoms with van der Waals surface area (Å²) in [6.45, 7) is 0. The third kappa shape index (κ3) is 2.32. The lowest BCUT2D eigenvalue weighted by atomic mass is 10.0. The molecule has 0 aromatic heterocycles. The van der Waals surface area contributed by atoms with Gasteiger partial charge in [-0.25, -0.2) is 5.32 Å². The monoisotopic (exact) mass is 344 g/mol. The van der Waals surface area contributed by atoms with Crippen molar-refractivity contribution in [2.45, 2.75) is 12.8 Å². The van der Waals surface area contributed by atoms with E-state index in [2.05, 4.69) is 84.9 Å². The van der Waals surface area contributed by atoms with Crippen LogP contribution in [0.15, 0.2) is 84.9 Å². The summed E-state index contributed by atoms with van der Waals surface area (Å²) in [5.74, 6) is 0. The molecule has 0 heterocycles. The fourth-order valence-corrected chi connectivity index (χ4v) is 4.51. The van der Waals surface area contributed by atoms with E-state index in [4.69, 9.17) is 5.32 Å². The molecule has 0 aliphatic heterocycles. The molecular weight excluding hydrogens is 326 g/mol. The third-order valence-corrected chi connectivity index (χ3v) is 5.82. The highest BCUT2D eigenvalue weighted by atomic mass is 14.9. The Kier molecular flexibility index (Phi) is 3.06. The zero-order chi connectivity index (χ0) is 17.8. The standard InChI is InChI=1S/C26H18N/c1-3-7-23-17(5-1)13-19-9-11-21(15-25(19)23)27-22-12-10-20-14-18-6-2-4-8-24(18)26(20)16-22/h1-12,15-16H,13-14H2. The average molecular weight is 344 g/mol. The Hall–Kier alpha value is -3.32. The van der Waals surface area contributed by atoms with E-state index in [1.165, 1.54) is 44.5 Å². The lowest BCUT2D eigenvalue weighted by Crippen LogP contribution is -1.91. The van der Waals surface area contributed by atoms with Crippen molar-refractivity contribution < 1.29 is 0 Å². The quantitative estimate of drug-likeness (QED) is 0.345. The molecule has 27 heavy (non-hydrogen) atoms. The highest BCUT2D eigenvalue weighted by Gasteiger charge is 2.20. The summed E-state index contributed by atoms with van der Waals surface area (Å²) in [7, 11) is 0. The van der Waals surface area contributed by atoms with Gasteiger partial charge in [0.2, 0.25) is 0 Å². The van der Waals surface area contributed by atoms with E-state index >= 15 is 0 Å². The van der Waals surface area contributed by atoms with Crippen molar-refractivity contribution in [3.63, 3.8) is 0 Å². The van der Waals surface area contributed by atoms with Gasteiger partial charge in [0.1, 0.15) is 0 Å². The first-order chi connectivity index (χ1) is 13.3. The first-order valence-corrected chi connectivity index (χ1v) is 9.49. The molecule has 0 unspecified atom stereocenters. The van der Waals surface area contributed by atoms with Crippen LogP contribution >= 0.6 is 0 Å². The van der Waals surface area contributed by atoms with E-state index < -0.39 is 0 Å². The van der Waals surface area contributed by atoms with E-state index in [1.807, 2.05) is 0 Å². The lowest BCUT2D eigenvalue weighted by Gasteiger charge is -2.09. The summed E-state index contributed by atoms with van der Waals surface area (Å²) in [6.07, 6.45) is 2.06. The third-order valence-electron chi connectivity index (χ3n) is 5.82.